The minimum Gasteiger partial charge on any atom is -0.456 e. The first-order valence-corrected chi connectivity index (χ1v) is 21.2. The molecule has 0 N–H and O–H groups in total. The molecule has 13 aromatic rings. The molecule has 0 atom stereocenters. The minimum absolute atomic E-state index is 0.633. The molecule has 0 unspecified atom stereocenters. The maximum atomic E-state index is 6.19. The highest BCUT2D eigenvalue weighted by atomic mass is 16.3. The van der Waals surface area contributed by atoms with Gasteiger partial charge in [-0.1, -0.05) is 127 Å². The number of benzene rings is 9. The molecular weight excluding hydrogens is 771 g/mol. The molecular formula is C57H35N5O. The Hall–Kier alpha value is -8.61. The summed E-state index contributed by atoms with van der Waals surface area (Å²) in [5, 5.41) is 7.08. The smallest absolute Gasteiger partial charge is 0.164 e. The average Bonchev–Trinajstić information content (AvgIpc) is 4.01. The number of furan rings is 1. The van der Waals surface area contributed by atoms with Gasteiger partial charge in [-0.25, -0.2) is 15.0 Å². The summed E-state index contributed by atoms with van der Waals surface area (Å²) >= 11 is 0. The van der Waals surface area contributed by atoms with Crippen molar-refractivity contribution >= 4 is 65.6 Å². The second-order valence-corrected chi connectivity index (χ2v) is 16.0. The van der Waals surface area contributed by atoms with Crippen molar-refractivity contribution in [1.29, 1.82) is 0 Å². The quantitative estimate of drug-likeness (QED) is 0.168. The van der Waals surface area contributed by atoms with Crippen molar-refractivity contribution in [2.45, 2.75) is 0 Å². The van der Waals surface area contributed by atoms with Crippen LogP contribution in [-0.4, -0.2) is 24.1 Å². The standard InChI is InChI=1S/C57H35N5O/c1-3-13-36(14-4-1)55-58-56(37-15-5-2-6-16-37)60-57(59-55)38-23-27-41(28-24-38)61-49-20-10-7-17-43(49)46-33-39(25-30-51(46)61)40-26-31-52-47(34-40)44-18-8-11-21-50(44)62(52)42-29-32-54-48(35-42)45-19-9-12-22-53(45)63-54/h1-35H. The van der Waals surface area contributed by atoms with Crippen LogP contribution >= 0.6 is 0 Å². The molecule has 0 aliphatic heterocycles. The van der Waals surface area contributed by atoms with Crippen LogP contribution in [0, 0.1) is 0 Å². The van der Waals surface area contributed by atoms with Gasteiger partial charge in [0.25, 0.3) is 0 Å². The molecule has 0 amide bonds. The molecule has 13 rings (SSSR count). The number of nitrogens with zero attached hydrogens (tertiary/aromatic N) is 5. The van der Waals surface area contributed by atoms with E-state index in [4.69, 9.17) is 19.4 Å². The molecule has 294 valence electrons. The van der Waals surface area contributed by atoms with Crippen LogP contribution < -0.4 is 0 Å². The Balaban J connectivity index is 0.902. The second kappa shape index (κ2) is 14.0. The Labute approximate surface area is 361 Å². The molecule has 0 saturated carbocycles. The van der Waals surface area contributed by atoms with Gasteiger partial charge in [-0.15, -0.1) is 0 Å². The van der Waals surface area contributed by atoms with Gasteiger partial charge >= 0.3 is 0 Å². The van der Waals surface area contributed by atoms with Gasteiger partial charge in [0.15, 0.2) is 17.5 Å². The summed E-state index contributed by atoms with van der Waals surface area (Å²) < 4.78 is 10.9. The highest BCUT2D eigenvalue weighted by molar-refractivity contribution is 6.13. The SMILES string of the molecule is c1ccc(-c2nc(-c3ccccc3)nc(-c3ccc(-n4c5ccccc5c5cc(-c6ccc7c(c6)c6ccccc6n7-c6ccc7oc8ccccc8c7c6)ccc54)cc3)n2)cc1. The van der Waals surface area contributed by atoms with Crippen molar-refractivity contribution in [2.24, 2.45) is 0 Å². The molecule has 0 saturated heterocycles. The predicted octanol–water partition coefficient (Wildman–Crippen LogP) is 14.6. The summed E-state index contributed by atoms with van der Waals surface area (Å²) in [5.41, 5.74) is 13.8. The van der Waals surface area contributed by atoms with E-state index in [1.165, 1.54) is 38.2 Å². The third-order valence-corrected chi connectivity index (χ3v) is 12.4. The fraction of sp³-hybridized carbons (Fsp3) is 0. The van der Waals surface area contributed by atoms with E-state index in [0.29, 0.717) is 17.5 Å². The van der Waals surface area contributed by atoms with E-state index in [-0.39, 0.29) is 0 Å². The molecule has 0 spiro atoms. The number of fused-ring (bicyclic) bond motifs is 9. The molecule has 63 heavy (non-hydrogen) atoms. The summed E-state index contributed by atoms with van der Waals surface area (Å²) in [4.78, 5) is 14.8. The Morgan fingerprint density at radius 3 is 1.25 bits per heavy atom. The van der Waals surface area contributed by atoms with Crippen molar-refractivity contribution < 1.29 is 4.42 Å². The van der Waals surface area contributed by atoms with Gasteiger partial charge in [0.1, 0.15) is 11.2 Å². The van der Waals surface area contributed by atoms with Crippen LogP contribution in [0.4, 0.5) is 0 Å². The number of rotatable bonds is 6. The summed E-state index contributed by atoms with van der Waals surface area (Å²) in [7, 11) is 0. The van der Waals surface area contributed by atoms with Gasteiger partial charge in [-0.05, 0) is 96.1 Å². The van der Waals surface area contributed by atoms with Crippen molar-refractivity contribution in [1.82, 2.24) is 24.1 Å². The van der Waals surface area contributed by atoms with Crippen molar-refractivity contribution in [3.05, 3.63) is 212 Å². The second-order valence-electron chi connectivity index (χ2n) is 16.0. The Bertz CT molecular complexity index is 3840. The van der Waals surface area contributed by atoms with Crippen LogP contribution in [-0.2, 0) is 0 Å². The number of para-hydroxylation sites is 3. The molecule has 6 heteroatoms. The first kappa shape index (κ1) is 35.2. The normalized spacial score (nSPS) is 11.8. The van der Waals surface area contributed by atoms with Gasteiger partial charge in [0.05, 0.1) is 22.1 Å². The molecule has 0 radical (unpaired) electrons. The van der Waals surface area contributed by atoms with Crippen molar-refractivity contribution in [2.75, 3.05) is 0 Å². The van der Waals surface area contributed by atoms with Gasteiger partial charge in [0, 0.05) is 60.4 Å². The first-order valence-electron chi connectivity index (χ1n) is 21.2. The summed E-state index contributed by atoms with van der Waals surface area (Å²) in [6.07, 6.45) is 0. The van der Waals surface area contributed by atoms with Gasteiger partial charge < -0.3 is 13.6 Å². The minimum atomic E-state index is 0.633. The average molecular weight is 806 g/mol. The monoisotopic (exact) mass is 805 g/mol. The lowest BCUT2D eigenvalue weighted by molar-refractivity contribution is 0.669. The topological polar surface area (TPSA) is 61.7 Å². The maximum absolute atomic E-state index is 6.19. The third kappa shape index (κ3) is 5.69. The molecule has 6 nitrogen and oxygen atoms in total. The largest absolute Gasteiger partial charge is 0.456 e. The van der Waals surface area contributed by atoms with E-state index in [0.717, 1.165) is 66.6 Å². The van der Waals surface area contributed by atoms with Gasteiger partial charge in [0.2, 0.25) is 0 Å². The lowest BCUT2D eigenvalue weighted by Crippen LogP contribution is -2.00. The number of hydrogen-bond acceptors (Lipinski definition) is 4. The number of hydrogen-bond donors (Lipinski definition) is 0. The van der Waals surface area contributed by atoms with Crippen LogP contribution in [0.5, 0.6) is 0 Å². The van der Waals surface area contributed by atoms with E-state index >= 15 is 0 Å². The predicted molar refractivity (Wildman–Crippen MR) is 258 cm³/mol. The van der Waals surface area contributed by atoms with Crippen molar-refractivity contribution in [3.8, 4) is 56.7 Å². The fourth-order valence-corrected chi connectivity index (χ4v) is 9.41. The highest BCUT2D eigenvalue weighted by Gasteiger charge is 2.18. The van der Waals surface area contributed by atoms with E-state index < -0.39 is 0 Å². The zero-order chi connectivity index (χ0) is 41.4. The van der Waals surface area contributed by atoms with E-state index in [2.05, 4.69) is 149 Å². The van der Waals surface area contributed by atoms with Crippen LogP contribution in [0.3, 0.4) is 0 Å². The third-order valence-electron chi connectivity index (χ3n) is 12.4. The molecule has 0 aliphatic rings. The Morgan fingerprint density at radius 2 is 0.683 bits per heavy atom. The van der Waals surface area contributed by atoms with Crippen LogP contribution in [0.25, 0.3) is 122 Å². The summed E-state index contributed by atoms with van der Waals surface area (Å²) in [5.74, 6) is 1.93. The van der Waals surface area contributed by atoms with E-state index in [1.807, 2.05) is 72.8 Å². The fourth-order valence-electron chi connectivity index (χ4n) is 9.41. The molecule has 9 aromatic carbocycles. The van der Waals surface area contributed by atoms with Crippen LogP contribution in [0.15, 0.2) is 217 Å². The van der Waals surface area contributed by atoms with Gasteiger partial charge in [-0.3, -0.25) is 0 Å². The van der Waals surface area contributed by atoms with Crippen LogP contribution in [0.1, 0.15) is 0 Å². The molecule has 4 aromatic heterocycles. The zero-order valence-electron chi connectivity index (χ0n) is 33.9. The first-order chi connectivity index (χ1) is 31.2. The highest BCUT2D eigenvalue weighted by Crippen LogP contribution is 2.40. The molecule has 0 aliphatic carbocycles. The molecule has 4 heterocycles. The molecule has 0 bridgehead atoms. The van der Waals surface area contributed by atoms with E-state index in [9.17, 15) is 0 Å². The Kier molecular flexibility index (Phi) is 7.80. The molecule has 0 fully saturated rings. The maximum Gasteiger partial charge on any atom is 0.164 e. The van der Waals surface area contributed by atoms with Gasteiger partial charge in [-0.2, -0.15) is 0 Å². The Morgan fingerprint density at radius 1 is 0.270 bits per heavy atom. The lowest BCUT2D eigenvalue weighted by atomic mass is 10.0. The zero-order valence-corrected chi connectivity index (χ0v) is 33.9. The lowest BCUT2D eigenvalue weighted by Gasteiger charge is -2.11. The summed E-state index contributed by atoms with van der Waals surface area (Å²) in [6.45, 7) is 0. The van der Waals surface area contributed by atoms with E-state index in [1.54, 1.807) is 0 Å². The number of aromatic nitrogens is 5. The van der Waals surface area contributed by atoms with Crippen molar-refractivity contribution in [3.63, 3.8) is 0 Å². The van der Waals surface area contributed by atoms with Crippen LogP contribution in [0.2, 0.25) is 0 Å². The summed E-state index contributed by atoms with van der Waals surface area (Å²) in [6, 6.07) is 74.7.